The van der Waals surface area contributed by atoms with E-state index in [1.807, 2.05) is 6.07 Å². The van der Waals surface area contributed by atoms with Crippen LogP contribution in [0.5, 0.6) is 11.5 Å². The number of likely N-dealkylation sites (N-methyl/N-ethyl adjacent to an activating group) is 1. The van der Waals surface area contributed by atoms with Crippen LogP contribution in [0.1, 0.15) is 38.8 Å². The average molecular weight is 357 g/mol. The summed E-state index contributed by atoms with van der Waals surface area (Å²) in [5.74, 6) is 2.25. The highest BCUT2D eigenvalue weighted by molar-refractivity contribution is 9.10. The molecule has 1 heterocycles. The smallest absolute Gasteiger partial charge is 0.231 e. The lowest BCUT2D eigenvalue weighted by Gasteiger charge is -2.34. The highest BCUT2D eigenvalue weighted by atomic mass is 79.9. The third kappa shape index (κ3) is 3.71. The van der Waals surface area contributed by atoms with Gasteiger partial charge in [0.1, 0.15) is 0 Å². The van der Waals surface area contributed by atoms with Crippen LogP contribution in [0.4, 0.5) is 0 Å². The quantitative estimate of drug-likeness (QED) is 0.846. The molecular weight excluding hydrogens is 332 g/mol. The summed E-state index contributed by atoms with van der Waals surface area (Å²) in [5.41, 5.74) is 7.20. The Bertz CT molecular complexity index is 493. The van der Waals surface area contributed by atoms with E-state index in [0.717, 1.165) is 28.0 Å². The number of nitrogens with zero attached hydrogens (tertiary/aromatic N) is 1. The van der Waals surface area contributed by atoms with Crippen molar-refractivity contribution in [3.63, 3.8) is 0 Å². The lowest BCUT2D eigenvalue weighted by molar-refractivity contribution is 0.167. The minimum atomic E-state index is 0.171. The normalized spacial score (nSPS) is 16.6. The number of halogens is 1. The number of hydrogen-bond donors (Lipinski definition) is 1. The topological polar surface area (TPSA) is 47.7 Å². The monoisotopic (exact) mass is 356 g/mol. The molecule has 0 aliphatic carbocycles. The van der Waals surface area contributed by atoms with Crippen LogP contribution in [-0.2, 0) is 0 Å². The van der Waals surface area contributed by atoms with Crippen LogP contribution in [0.15, 0.2) is 16.6 Å². The summed E-state index contributed by atoms with van der Waals surface area (Å²) in [5, 5.41) is 0. The molecule has 2 unspecified atom stereocenters. The minimum Gasteiger partial charge on any atom is -0.454 e. The van der Waals surface area contributed by atoms with Gasteiger partial charge in [0.15, 0.2) is 11.5 Å². The van der Waals surface area contributed by atoms with Gasteiger partial charge in [-0.3, -0.25) is 4.90 Å². The van der Waals surface area contributed by atoms with E-state index in [-0.39, 0.29) is 12.8 Å². The largest absolute Gasteiger partial charge is 0.454 e. The molecule has 0 fully saturated rings. The lowest BCUT2D eigenvalue weighted by atomic mass is 9.99. The standard InChI is InChI=1S/C16H25BrN2O2/c1-10(2)5-11(3)19(4)14(8-18)12-6-13(17)16-15(7-12)20-9-21-16/h6-7,10-11,14H,5,8-9,18H2,1-4H3. The lowest BCUT2D eigenvalue weighted by Crippen LogP contribution is -2.37. The first kappa shape index (κ1) is 16.6. The molecule has 2 rings (SSSR count). The van der Waals surface area contributed by atoms with Crippen LogP contribution in [0.3, 0.4) is 0 Å². The summed E-state index contributed by atoms with van der Waals surface area (Å²) in [7, 11) is 2.14. The van der Waals surface area contributed by atoms with E-state index in [0.29, 0.717) is 18.5 Å². The van der Waals surface area contributed by atoms with Gasteiger partial charge >= 0.3 is 0 Å². The molecule has 0 radical (unpaired) electrons. The van der Waals surface area contributed by atoms with Gasteiger partial charge in [-0.05, 0) is 59.9 Å². The average Bonchev–Trinajstić information content (AvgIpc) is 2.87. The molecule has 1 aromatic carbocycles. The van der Waals surface area contributed by atoms with Crippen molar-refractivity contribution in [2.24, 2.45) is 11.7 Å². The van der Waals surface area contributed by atoms with E-state index in [9.17, 15) is 0 Å². The second-order valence-electron chi connectivity index (χ2n) is 6.13. The highest BCUT2D eigenvalue weighted by Gasteiger charge is 2.25. The molecule has 2 N–H and O–H groups in total. The van der Waals surface area contributed by atoms with Gasteiger partial charge in [0.05, 0.1) is 4.47 Å². The summed E-state index contributed by atoms with van der Waals surface area (Å²) >= 11 is 3.56. The number of benzene rings is 1. The summed E-state index contributed by atoms with van der Waals surface area (Å²) < 4.78 is 11.9. The Morgan fingerprint density at radius 2 is 2.00 bits per heavy atom. The Hall–Kier alpha value is -0.780. The first-order chi connectivity index (χ1) is 9.93. The van der Waals surface area contributed by atoms with Gasteiger partial charge in [0, 0.05) is 18.6 Å². The molecule has 0 saturated heterocycles. The summed E-state index contributed by atoms with van der Waals surface area (Å²) in [6.07, 6.45) is 1.15. The number of ether oxygens (including phenoxy) is 2. The predicted molar refractivity (Wildman–Crippen MR) is 88.7 cm³/mol. The van der Waals surface area contributed by atoms with Crippen molar-refractivity contribution in [3.05, 3.63) is 22.2 Å². The first-order valence-electron chi connectivity index (χ1n) is 7.45. The Morgan fingerprint density at radius 1 is 1.29 bits per heavy atom. The zero-order valence-corrected chi connectivity index (χ0v) is 14.8. The summed E-state index contributed by atoms with van der Waals surface area (Å²) in [6, 6.07) is 4.78. The summed E-state index contributed by atoms with van der Waals surface area (Å²) in [4.78, 5) is 2.35. The minimum absolute atomic E-state index is 0.171. The van der Waals surface area contributed by atoms with Crippen LogP contribution in [0, 0.1) is 5.92 Å². The number of fused-ring (bicyclic) bond motifs is 1. The number of nitrogens with two attached hydrogens (primary N) is 1. The maximum Gasteiger partial charge on any atom is 0.231 e. The molecule has 0 aromatic heterocycles. The molecule has 4 nitrogen and oxygen atoms in total. The maximum absolute atomic E-state index is 6.04. The molecule has 1 aliphatic rings. The van der Waals surface area contributed by atoms with Crippen LogP contribution in [-0.4, -0.2) is 31.3 Å². The molecule has 1 aromatic rings. The van der Waals surface area contributed by atoms with Gasteiger partial charge in [-0.2, -0.15) is 0 Å². The maximum atomic E-state index is 6.04. The van der Waals surface area contributed by atoms with E-state index >= 15 is 0 Å². The van der Waals surface area contributed by atoms with Crippen molar-refractivity contribution in [1.82, 2.24) is 4.90 Å². The number of hydrogen-bond acceptors (Lipinski definition) is 4. The molecule has 0 spiro atoms. The molecule has 1 aliphatic heterocycles. The zero-order valence-electron chi connectivity index (χ0n) is 13.2. The molecule has 0 amide bonds. The molecule has 5 heteroatoms. The molecule has 118 valence electrons. The van der Waals surface area contributed by atoms with Gasteiger partial charge < -0.3 is 15.2 Å². The molecule has 2 atom stereocenters. The molecule has 0 bridgehead atoms. The Labute approximate surface area is 135 Å². The Kier molecular flexibility index (Phi) is 5.52. The zero-order chi connectivity index (χ0) is 15.6. The second kappa shape index (κ2) is 6.99. The van der Waals surface area contributed by atoms with Gasteiger partial charge in [0.2, 0.25) is 6.79 Å². The molecule has 0 saturated carbocycles. The van der Waals surface area contributed by atoms with Gasteiger partial charge in [-0.15, -0.1) is 0 Å². The number of rotatable bonds is 6. The van der Waals surface area contributed by atoms with Crippen LogP contribution >= 0.6 is 15.9 Å². The van der Waals surface area contributed by atoms with Crippen LogP contribution < -0.4 is 15.2 Å². The van der Waals surface area contributed by atoms with E-state index in [4.69, 9.17) is 15.2 Å². The van der Waals surface area contributed by atoms with Crippen molar-refractivity contribution < 1.29 is 9.47 Å². The Balaban J connectivity index is 2.23. The third-order valence-electron chi connectivity index (χ3n) is 4.06. The van der Waals surface area contributed by atoms with E-state index in [1.54, 1.807) is 0 Å². The molecule has 21 heavy (non-hydrogen) atoms. The van der Waals surface area contributed by atoms with E-state index < -0.39 is 0 Å². The highest BCUT2D eigenvalue weighted by Crippen LogP contribution is 2.42. The van der Waals surface area contributed by atoms with Gasteiger partial charge in [-0.25, -0.2) is 0 Å². The van der Waals surface area contributed by atoms with Crippen molar-refractivity contribution in [2.45, 2.75) is 39.3 Å². The van der Waals surface area contributed by atoms with Gasteiger partial charge in [0.25, 0.3) is 0 Å². The van der Waals surface area contributed by atoms with Crippen molar-refractivity contribution in [3.8, 4) is 11.5 Å². The fourth-order valence-electron chi connectivity index (χ4n) is 2.87. The SMILES string of the molecule is CC(C)CC(C)N(C)C(CN)c1cc(Br)c2c(c1)OCO2. The fourth-order valence-corrected chi connectivity index (χ4v) is 3.45. The van der Waals surface area contributed by atoms with Crippen LogP contribution in [0.25, 0.3) is 0 Å². The third-order valence-corrected chi connectivity index (χ3v) is 4.65. The fraction of sp³-hybridized carbons (Fsp3) is 0.625. The van der Waals surface area contributed by atoms with Crippen LogP contribution in [0.2, 0.25) is 0 Å². The second-order valence-corrected chi connectivity index (χ2v) is 6.99. The van der Waals surface area contributed by atoms with Gasteiger partial charge in [-0.1, -0.05) is 13.8 Å². The van der Waals surface area contributed by atoms with Crippen molar-refractivity contribution in [1.29, 1.82) is 0 Å². The first-order valence-corrected chi connectivity index (χ1v) is 8.24. The van der Waals surface area contributed by atoms with Crippen molar-refractivity contribution >= 4 is 15.9 Å². The van der Waals surface area contributed by atoms with Crippen molar-refractivity contribution in [2.75, 3.05) is 20.4 Å². The predicted octanol–water partition coefficient (Wildman–Crippen LogP) is 3.54. The Morgan fingerprint density at radius 3 is 2.62 bits per heavy atom. The van der Waals surface area contributed by atoms with E-state index in [1.165, 1.54) is 0 Å². The summed E-state index contributed by atoms with van der Waals surface area (Å²) in [6.45, 7) is 7.61. The molecular formula is C16H25BrN2O2. The van der Waals surface area contributed by atoms with E-state index in [2.05, 4.69) is 54.7 Å².